The topological polar surface area (TPSA) is 94.9 Å². The molecular weight excluding hydrogens is 343 g/mol. The molecule has 2 rings (SSSR count). The lowest BCUT2D eigenvalue weighted by Gasteiger charge is -2.38. The van der Waals surface area contributed by atoms with Crippen molar-refractivity contribution in [1.82, 2.24) is 10.2 Å². The smallest absolute Gasteiger partial charge is 0.427 e. The predicted octanol–water partition coefficient (Wildman–Crippen LogP) is 1.42. The van der Waals surface area contributed by atoms with E-state index >= 15 is 0 Å². The number of likely N-dealkylation sites (tertiary alicyclic amines) is 1. The van der Waals surface area contributed by atoms with Crippen molar-refractivity contribution in [2.45, 2.75) is 43.2 Å². The molecule has 142 valence electrons. The molecule has 10 heteroatoms. The Morgan fingerprint density at radius 3 is 2.72 bits per heavy atom. The number of hydrogen-bond acceptors (Lipinski definition) is 6. The van der Waals surface area contributed by atoms with Crippen LogP contribution in [0.15, 0.2) is 12.3 Å². The summed E-state index contributed by atoms with van der Waals surface area (Å²) in [6, 6.07) is 0.0960. The lowest BCUT2D eigenvalue weighted by molar-refractivity contribution is -0.215. The molecule has 25 heavy (non-hydrogen) atoms. The van der Waals surface area contributed by atoms with Gasteiger partial charge < -0.3 is 30.2 Å². The maximum Gasteiger partial charge on any atom is 0.427 e. The molecule has 0 saturated carbocycles. The van der Waals surface area contributed by atoms with Gasteiger partial charge in [0.25, 0.3) is 0 Å². The summed E-state index contributed by atoms with van der Waals surface area (Å²) in [7, 11) is 0. The van der Waals surface area contributed by atoms with E-state index < -0.39 is 30.6 Å². The highest BCUT2D eigenvalue weighted by Crippen LogP contribution is 2.36. The van der Waals surface area contributed by atoms with E-state index in [0.717, 1.165) is 12.6 Å². The van der Waals surface area contributed by atoms with Crippen LogP contribution in [0.5, 0.6) is 0 Å². The summed E-state index contributed by atoms with van der Waals surface area (Å²) in [6.07, 6.45) is -2.27. The molecule has 2 aliphatic heterocycles. The zero-order valence-electron chi connectivity index (χ0n) is 13.6. The molecule has 0 aromatic rings. The number of hydrogen-bond donors (Lipinski definition) is 3. The van der Waals surface area contributed by atoms with Gasteiger partial charge in [0.15, 0.2) is 0 Å². The number of nitrogens with one attached hydrogen (secondary N) is 2. The van der Waals surface area contributed by atoms with Gasteiger partial charge in [0.1, 0.15) is 0 Å². The van der Waals surface area contributed by atoms with Gasteiger partial charge in [-0.3, -0.25) is 0 Å². The molecule has 3 N–H and O–H groups in total. The predicted molar refractivity (Wildman–Crippen MR) is 82.4 cm³/mol. The second kappa shape index (κ2) is 8.05. The molecule has 2 fully saturated rings. The molecule has 0 aromatic heterocycles. The van der Waals surface area contributed by atoms with E-state index in [0.29, 0.717) is 19.4 Å². The first kappa shape index (κ1) is 19.5. The standard InChI is InChI=1S/C15H22F3N3O4/c16-15(17,18)12(9-22)25-13(23)21-6-2-14(3-7-21)8-11(10-24-14)20-5-1-4-19/h1,4-5,11-12,19-20,22H,2-3,6-10H2/b5-1-,19-4?/t11?,12-/m1/s1. The third-order valence-electron chi connectivity index (χ3n) is 4.44. The van der Waals surface area contributed by atoms with Crippen molar-refractivity contribution in [2.75, 3.05) is 26.3 Å². The van der Waals surface area contributed by atoms with Crippen LogP contribution in [0.2, 0.25) is 0 Å². The van der Waals surface area contributed by atoms with Crippen LogP contribution in [0.25, 0.3) is 0 Å². The molecule has 1 spiro atoms. The van der Waals surface area contributed by atoms with Gasteiger partial charge in [-0.2, -0.15) is 13.2 Å². The van der Waals surface area contributed by atoms with Crippen molar-refractivity contribution in [3.63, 3.8) is 0 Å². The SMILES string of the molecule is N=C/C=C\NC1COC2(CCN(C(=O)O[C@H](CO)C(F)(F)F)CC2)C1. The minimum atomic E-state index is -4.79. The van der Waals surface area contributed by atoms with Gasteiger partial charge in [-0.15, -0.1) is 0 Å². The Bertz CT molecular complexity index is 505. The molecule has 0 aromatic carbocycles. The number of aliphatic hydroxyl groups is 1. The molecule has 0 radical (unpaired) electrons. The molecule has 1 amide bonds. The van der Waals surface area contributed by atoms with E-state index in [9.17, 15) is 18.0 Å². The van der Waals surface area contributed by atoms with Crippen LogP contribution in [0.4, 0.5) is 18.0 Å². The zero-order valence-corrected chi connectivity index (χ0v) is 13.6. The molecule has 2 heterocycles. The van der Waals surface area contributed by atoms with Crippen LogP contribution in [-0.2, 0) is 9.47 Å². The van der Waals surface area contributed by atoms with Crippen LogP contribution in [0, 0.1) is 5.41 Å². The number of allylic oxidation sites excluding steroid dienone is 1. The largest absolute Gasteiger partial charge is 0.434 e. The highest BCUT2D eigenvalue weighted by molar-refractivity contribution is 5.68. The molecule has 1 unspecified atom stereocenters. The number of alkyl halides is 3. The van der Waals surface area contributed by atoms with Crippen LogP contribution in [0.3, 0.4) is 0 Å². The number of aliphatic hydroxyl groups excluding tert-OH is 1. The monoisotopic (exact) mass is 365 g/mol. The molecule has 2 aliphatic rings. The van der Waals surface area contributed by atoms with Gasteiger partial charge in [0.05, 0.1) is 24.9 Å². The Morgan fingerprint density at radius 1 is 1.48 bits per heavy atom. The summed E-state index contributed by atoms with van der Waals surface area (Å²) >= 11 is 0. The molecule has 0 bridgehead atoms. The number of amides is 1. The fourth-order valence-electron chi connectivity index (χ4n) is 3.04. The van der Waals surface area contributed by atoms with Gasteiger partial charge in [-0.25, -0.2) is 4.79 Å². The average molecular weight is 365 g/mol. The van der Waals surface area contributed by atoms with E-state index in [-0.39, 0.29) is 19.1 Å². The summed E-state index contributed by atoms with van der Waals surface area (Å²) in [5.41, 5.74) is -0.395. The molecular formula is C15H22F3N3O4. The number of ether oxygens (including phenoxy) is 2. The summed E-state index contributed by atoms with van der Waals surface area (Å²) < 4.78 is 47.9. The number of nitrogens with zero attached hydrogens (tertiary/aromatic N) is 1. The second-order valence-electron chi connectivity index (χ2n) is 6.17. The Hall–Kier alpha value is -1.81. The van der Waals surface area contributed by atoms with Gasteiger partial charge in [0, 0.05) is 19.3 Å². The van der Waals surface area contributed by atoms with Crippen molar-refractivity contribution in [1.29, 1.82) is 5.41 Å². The maximum absolute atomic E-state index is 12.6. The van der Waals surface area contributed by atoms with E-state index in [1.807, 2.05) is 0 Å². The van der Waals surface area contributed by atoms with Gasteiger partial charge in [-0.05, 0) is 31.5 Å². The lowest BCUT2D eigenvalue weighted by Crippen LogP contribution is -2.49. The third-order valence-corrected chi connectivity index (χ3v) is 4.44. The Kier molecular flexibility index (Phi) is 6.28. The first-order valence-corrected chi connectivity index (χ1v) is 7.98. The van der Waals surface area contributed by atoms with Crippen molar-refractivity contribution in [3.8, 4) is 0 Å². The highest BCUT2D eigenvalue weighted by atomic mass is 19.4. The Balaban J connectivity index is 1.82. The molecule has 7 nitrogen and oxygen atoms in total. The van der Waals surface area contributed by atoms with Crippen LogP contribution in [0.1, 0.15) is 19.3 Å². The quantitative estimate of drug-likeness (QED) is 0.641. The minimum Gasteiger partial charge on any atom is -0.434 e. The first-order valence-electron chi connectivity index (χ1n) is 7.98. The summed E-state index contributed by atoms with van der Waals surface area (Å²) in [5, 5.41) is 18.8. The zero-order chi connectivity index (χ0) is 18.5. The van der Waals surface area contributed by atoms with Crippen LogP contribution >= 0.6 is 0 Å². The molecule has 2 saturated heterocycles. The minimum absolute atomic E-state index is 0.0960. The van der Waals surface area contributed by atoms with Crippen molar-refractivity contribution in [3.05, 3.63) is 12.3 Å². The van der Waals surface area contributed by atoms with Gasteiger partial charge in [-0.1, -0.05) is 0 Å². The van der Waals surface area contributed by atoms with E-state index in [2.05, 4.69) is 10.1 Å². The van der Waals surface area contributed by atoms with Gasteiger partial charge >= 0.3 is 12.3 Å². The number of piperidine rings is 1. The Labute approximate surface area is 143 Å². The average Bonchev–Trinajstić information content (AvgIpc) is 2.95. The van der Waals surface area contributed by atoms with Crippen molar-refractivity contribution in [2.24, 2.45) is 0 Å². The van der Waals surface area contributed by atoms with Crippen LogP contribution < -0.4 is 5.32 Å². The van der Waals surface area contributed by atoms with Gasteiger partial charge in [0.2, 0.25) is 6.10 Å². The summed E-state index contributed by atoms with van der Waals surface area (Å²) in [5.74, 6) is 0. The normalized spacial score (nSPS) is 24.5. The second-order valence-corrected chi connectivity index (χ2v) is 6.17. The molecule has 2 atom stereocenters. The van der Waals surface area contributed by atoms with E-state index in [1.54, 1.807) is 12.3 Å². The third kappa shape index (κ3) is 5.08. The maximum atomic E-state index is 12.6. The van der Waals surface area contributed by atoms with E-state index in [1.165, 1.54) is 4.90 Å². The first-order chi connectivity index (χ1) is 11.8. The summed E-state index contributed by atoms with van der Waals surface area (Å²) in [4.78, 5) is 13.1. The number of carbonyl (C=O) groups excluding carboxylic acids is 1. The Morgan fingerprint density at radius 2 is 2.16 bits per heavy atom. The number of rotatable bonds is 5. The van der Waals surface area contributed by atoms with Crippen molar-refractivity contribution >= 4 is 12.3 Å². The van der Waals surface area contributed by atoms with Crippen LogP contribution in [-0.4, -0.2) is 72.5 Å². The summed E-state index contributed by atoms with van der Waals surface area (Å²) in [6.45, 7) is -0.337. The fourth-order valence-corrected chi connectivity index (χ4v) is 3.04. The lowest BCUT2D eigenvalue weighted by atomic mass is 9.87. The van der Waals surface area contributed by atoms with E-state index in [4.69, 9.17) is 15.3 Å². The fraction of sp³-hybridized carbons (Fsp3) is 0.733. The number of halogens is 3. The molecule has 0 aliphatic carbocycles. The number of carbonyl (C=O) groups is 1. The highest BCUT2D eigenvalue weighted by Gasteiger charge is 2.46. The van der Waals surface area contributed by atoms with Crippen molar-refractivity contribution < 1.29 is 32.5 Å².